The van der Waals surface area contributed by atoms with Crippen molar-refractivity contribution in [1.29, 1.82) is 0 Å². The molecule has 0 aliphatic carbocycles. The molecule has 0 aliphatic rings. The second-order valence-electron chi connectivity index (χ2n) is 3.20. The van der Waals surface area contributed by atoms with Crippen molar-refractivity contribution in [2.75, 3.05) is 0 Å². The van der Waals surface area contributed by atoms with Crippen molar-refractivity contribution >= 4 is 17.3 Å². The van der Waals surface area contributed by atoms with Crippen LogP contribution in [0.1, 0.15) is 15.2 Å². The molecule has 0 aromatic carbocycles. The fourth-order valence-electron chi connectivity index (χ4n) is 1.37. The number of aromatic amines is 1. The van der Waals surface area contributed by atoms with Gasteiger partial charge in [-0.05, 0) is 24.6 Å². The number of rotatable bonds is 2. The Kier molecular flexibility index (Phi) is 4.04. The lowest BCUT2D eigenvalue weighted by Crippen LogP contribution is -3.00. The molecule has 0 saturated heterocycles. The number of carbonyl (C=O) groups is 1. The van der Waals surface area contributed by atoms with Gasteiger partial charge in [0.1, 0.15) is 4.88 Å². The monoisotopic (exact) mass is 255 g/mol. The van der Waals surface area contributed by atoms with Crippen molar-refractivity contribution in [2.24, 2.45) is 0 Å². The largest absolute Gasteiger partial charge is 1.00 e. The molecule has 0 bridgehead atoms. The zero-order chi connectivity index (χ0) is 10.8. The van der Waals surface area contributed by atoms with E-state index in [0.717, 1.165) is 16.1 Å². The summed E-state index contributed by atoms with van der Waals surface area (Å²) in [5.41, 5.74) is 1.75. The number of halogens is 1. The standard InChI is InChI=1S/C11H9NO2S.ClH/c1-7-6-9(15-10(7)11(13)14)8-4-2-3-5-12-8;/h2-6H,1H3,(H,13,14);1H. The van der Waals surface area contributed by atoms with Crippen LogP contribution in [0.5, 0.6) is 0 Å². The highest BCUT2D eigenvalue weighted by Crippen LogP contribution is 2.28. The van der Waals surface area contributed by atoms with Crippen molar-refractivity contribution in [2.45, 2.75) is 6.92 Å². The smallest absolute Gasteiger partial charge is 0.346 e. The molecule has 0 radical (unpaired) electrons. The Labute approximate surface area is 103 Å². The summed E-state index contributed by atoms with van der Waals surface area (Å²) in [6, 6.07) is 7.63. The Morgan fingerprint density at radius 1 is 1.44 bits per heavy atom. The SMILES string of the molecule is Cc1cc(-c2cccc[nH+]2)sc1C(=O)O.[Cl-]. The van der Waals surface area contributed by atoms with Gasteiger partial charge in [0.15, 0.2) is 6.20 Å². The van der Waals surface area contributed by atoms with Crippen molar-refractivity contribution < 1.29 is 27.3 Å². The van der Waals surface area contributed by atoms with Gasteiger partial charge >= 0.3 is 5.97 Å². The number of aromatic nitrogens is 1. The molecule has 0 amide bonds. The molecule has 3 nitrogen and oxygen atoms in total. The maximum absolute atomic E-state index is 10.9. The maximum Gasteiger partial charge on any atom is 0.346 e. The minimum atomic E-state index is -0.861. The predicted octanol–water partition coefficient (Wildman–Crippen LogP) is -0.760. The van der Waals surface area contributed by atoms with Gasteiger partial charge in [-0.25, -0.2) is 9.78 Å². The van der Waals surface area contributed by atoms with E-state index in [2.05, 4.69) is 4.98 Å². The van der Waals surface area contributed by atoms with Gasteiger partial charge in [-0.1, -0.05) is 0 Å². The summed E-state index contributed by atoms with van der Waals surface area (Å²) in [4.78, 5) is 15.3. The van der Waals surface area contributed by atoms with E-state index in [4.69, 9.17) is 5.11 Å². The third kappa shape index (κ3) is 2.40. The van der Waals surface area contributed by atoms with Gasteiger partial charge in [-0.3, -0.25) is 0 Å². The summed E-state index contributed by atoms with van der Waals surface area (Å²) in [6.07, 6.45) is 1.82. The molecular formula is C11H10ClNO2S. The van der Waals surface area contributed by atoms with Gasteiger partial charge in [0.2, 0.25) is 5.69 Å². The van der Waals surface area contributed by atoms with Crippen LogP contribution in [-0.2, 0) is 0 Å². The lowest BCUT2D eigenvalue weighted by molar-refractivity contribution is -0.364. The molecule has 0 saturated carbocycles. The topological polar surface area (TPSA) is 51.4 Å². The first kappa shape index (κ1) is 12.7. The summed E-state index contributed by atoms with van der Waals surface area (Å²) < 4.78 is 0. The van der Waals surface area contributed by atoms with Crippen LogP contribution < -0.4 is 17.4 Å². The first-order chi connectivity index (χ1) is 7.18. The highest BCUT2D eigenvalue weighted by Gasteiger charge is 2.15. The maximum atomic E-state index is 10.9. The molecule has 0 atom stereocenters. The van der Waals surface area contributed by atoms with Gasteiger partial charge in [-0.2, -0.15) is 0 Å². The number of hydrogen-bond acceptors (Lipinski definition) is 2. The first-order valence-corrected chi connectivity index (χ1v) is 5.31. The molecular weight excluding hydrogens is 246 g/mol. The van der Waals surface area contributed by atoms with E-state index in [1.807, 2.05) is 37.4 Å². The Morgan fingerprint density at radius 3 is 2.69 bits per heavy atom. The van der Waals surface area contributed by atoms with E-state index in [1.54, 1.807) is 0 Å². The molecule has 2 N–H and O–H groups in total. The molecule has 2 heterocycles. The Morgan fingerprint density at radius 2 is 2.19 bits per heavy atom. The summed E-state index contributed by atoms with van der Waals surface area (Å²) in [5.74, 6) is -0.861. The fourth-order valence-corrected chi connectivity index (χ4v) is 2.37. The lowest BCUT2D eigenvalue weighted by atomic mass is 10.2. The van der Waals surface area contributed by atoms with E-state index in [1.165, 1.54) is 11.3 Å². The number of nitrogens with one attached hydrogen (secondary N) is 1. The quantitative estimate of drug-likeness (QED) is 0.767. The zero-order valence-electron chi connectivity index (χ0n) is 8.53. The van der Waals surface area contributed by atoms with Crippen LogP contribution in [0.15, 0.2) is 30.5 Å². The Bertz CT molecular complexity index is 496. The molecule has 16 heavy (non-hydrogen) atoms. The number of H-pyrrole nitrogens is 1. The van der Waals surface area contributed by atoms with E-state index >= 15 is 0 Å². The van der Waals surface area contributed by atoms with Crippen molar-refractivity contribution in [1.82, 2.24) is 0 Å². The van der Waals surface area contributed by atoms with Gasteiger partial charge in [-0.15, -0.1) is 11.3 Å². The number of thiophene rings is 1. The third-order valence-corrected chi connectivity index (χ3v) is 3.34. The van der Waals surface area contributed by atoms with E-state index in [9.17, 15) is 4.79 Å². The molecule has 0 fully saturated rings. The van der Waals surface area contributed by atoms with Gasteiger partial charge < -0.3 is 17.5 Å². The second-order valence-corrected chi connectivity index (χ2v) is 4.26. The number of aromatic carboxylic acids is 1. The van der Waals surface area contributed by atoms with Crippen molar-refractivity contribution in [3.8, 4) is 10.6 Å². The highest BCUT2D eigenvalue weighted by molar-refractivity contribution is 7.17. The van der Waals surface area contributed by atoms with E-state index < -0.39 is 5.97 Å². The van der Waals surface area contributed by atoms with Crippen LogP contribution in [0, 0.1) is 6.92 Å². The minimum Gasteiger partial charge on any atom is -1.00 e. The molecule has 2 aromatic heterocycles. The second kappa shape index (κ2) is 5.09. The van der Waals surface area contributed by atoms with Crippen LogP contribution >= 0.6 is 11.3 Å². The predicted molar refractivity (Wildman–Crippen MR) is 58.0 cm³/mol. The number of pyridine rings is 1. The average molecular weight is 256 g/mol. The van der Waals surface area contributed by atoms with Crippen molar-refractivity contribution in [3.05, 3.63) is 40.9 Å². The number of hydrogen-bond donors (Lipinski definition) is 1. The zero-order valence-corrected chi connectivity index (χ0v) is 10.1. The van der Waals surface area contributed by atoms with E-state index in [0.29, 0.717) is 4.88 Å². The Balaban J connectivity index is 0.00000128. The van der Waals surface area contributed by atoms with Gasteiger partial charge in [0, 0.05) is 12.1 Å². The third-order valence-electron chi connectivity index (χ3n) is 2.09. The fraction of sp³-hybridized carbons (Fsp3) is 0.0909. The number of carboxylic acid groups (broad SMARTS) is 1. The first-order valence-electron chi connectivity index (χ1n) is 4.49. The summed E-state index contributed by atoms with van der Waals surface area (Å²) >= 11 is 1.29. The molecule has 2 rings (SSSR count). The number of aryl methyl sites for hydroxylation is 1. The molecule has 5 heteroatoms. The van der Waals surface area contributed by atoms with E-state index in [-0.39, 0.29) is 12.4 Å². The minimum absolute atomic E-state index is 0. The Hall–Kier alpha value is -1.39. The summed E-state index contributed by atoms with van der Waals surface area (Å²) in [6.45, 7) is 1.81. The van der Waals surface area contributed by atoms with Gasteiger partial charge in [0.05, 0.1) is 4.88 Å². The van der Waals surface area contributed by atoms with Crippen LogP contribution in [0.3, 0.4) is 0 Å². The highest BCUT2D eigenvalue weighted by atomic mass is 35.5. The molecule has 0 spiro atoms. The van der Waals surface area contributed by atoms with Crippen molar-refractivity contribution in [3.63, 3.8) is 0 Å². The lowest BCUT2D eigenvalue weighted by Gasteiger charge is -1.87. The molecule has 0 unspecified atom stereocenters. The molecule has 2 aromatic rings. The molecule has 0 aliphatic heterocycles. The van der Waals surface area contributed by atoms with Crippen LogP contribution in [0.4, 0.5) is 0 Å². The summed E-state index contributed by atoms with van der Waals surface area (Å²) in [7, 11) is 0. The number of carboxylic acids is 1. The van der Waals surface area contributed by atoms with Crippen LogP contribution in [0.25, 0.3) is 10.6 Å². The van der Waals surface area contributed by atoms with Gasteiger partial charge in [0.25, 0.3) is 0 Å². The average Bonchev–Trinajstić information content (AvgIpc) is 2.62. The van der Waals surface area contributed by atoms with Crippen LogP contribution in [0.2, 0.25) is 0 Å². The molecule has 84 valence electrons. The van der Waals surface area contributed by atoms with Crippen LogP contribution in [-0.4, -0.2) is 11.1 Å². The normalized spacial score (nSPS) is 9.56. The summed E-state index contributed by atoms with van der Waals surface area (Å²) in [5, 5.41) is 8.93.